The highest BCUT2D eigenvalue weighted by molar-refractivity contribution is 6.82. The van der Waals surface area contributed by atoms with Crippen LogP contribution in [0.1, 0.15) is 12.5 Å². The van der Waals surface area contributed by atoms with E-state index in [1.807, 2.05) is 13.0 Å². The summed E-state index contributed by atoms with van der Waals surface area (Å²) in [7, 11) is 0. The summed E-state index contributed by atoms with van der Waals surface area (Å²) in [5.41, 5.74) is 4.28. The molecular formula is C11H12Cl2N2O2. The van der Waals surface area contributed by atoms with Crippen LogP contribution in [0.3, 0.4) is 0 Å². The molecule has 92 valence electrons. The number of halogens is 2. The summed E-state index contributed by atoms with van der Waals surface area (Å²) in [4.78, 5) is 11.2. The normalized spacial score (nSPS) is 11.2. The maximum absolute atomic E-state index is 11.2. The van der Waals surface area contributed by atoms with Crippen LogP contribution in [0.15, 0.2) is 23.3 Å². The number of benzene rings is 1. The number of nitrogens with one attached hydrogen (secondary N) is 1. The van der Waals surface area contributed by atoms with E-state index in [0.29, 0.717) is 10.7 Å². The first-order valence-electron chi connectivity index (χ1n) is 4.97. The first-order chi connectivity index (χ1) is 8.04. The van der Waals surface area contributed by atoms with Crippen LogP contribution in [0.2, 0.25) is 5.02 Å². The fourth-order valence-corrected chi connectivity index (χ4v) is 1.33. The Kier molecular flexibility index (Phi) is 5.25. The molecule has 17 heavy (non-hydrogen) atoms. The minimum absolute atomic E-state index is 0.251. The lowest BCUT2D eigenvalue weighted by atomic mass is 10.2. The highest BCUT2D eigenvalue weighted by Crippen LogP contribution is 2.20. The molecule has 4 nitrogen and oxygen atoms in total. The maximum atomic E-state index is 11.2. The summed E-state index contributed by atoms with van der Waals surface area (Å²) in [6.45, 7) is 3.82. The highest BCUT2D eigenvalue weighted by Gasteiger charge is 2.09. The molecule has 0 spiro atoms. The Morgan fingerprint density at radius 3 is 2.88 bits per heavy atom. The van der Waals surface area contributed by atoms with Gasteiger partial charge >= 0.3 is 5.97 Å². The second kappa shape index (κ2) is 6.47. The number of carbonyl (C=O) groups excluding carboxylic acids is 1. The molecule has 0 aliphatic heterocycles. The van der Waals surface area contributed by atoms with E-state index in [2.05, 4.69) is 15.3 Å². The quantitative estimate of drug-likeness (QED) is 0.521. The first kappa shape index (κ1) is 13.8. The number of hydrazone groups is 1. The Hall–Kier alpha value is -1.26. The number of anilines is 1. The van der Waals surface area contributed by atoms with Gasteiger partial charge in [0.25, 0.3) is 0 Å². The molecule has 0 bridgehead atoms. The summed E-state index contributed by atoms with van der Waals surface area (Å²) < 4.78 is 4.68. The van der Waals surface area contributed by atoms with Crippen molar-refractivity contribution in [3.63, 3.8) is 0 Å². The van der Waals surface area contributed by atoms with Gasteiger partial charge in [0.05, 0.1) is 12.3 Å². The molecule has 0 unspecified atom stereocenters. The molecule has 1 N–H and O–H groups in total. The lowest BCUT2D eigenvalue weighted by Crippen LogP contribution is -2.13. The molecule has 0 aliphatic rings. The van der Waals surface area contributed by atoms with Gasteiger partial charge in [-0.25, -0.2) is 4.79 Å². The van der Waals surface area contributed by atoms with Crippen molar-refractivity contribution >= 4 is 40.0 Å². The fourth-order valence-electron chi connectivity index (χ4n) is 1.06. The summed E-state index contributed by atoms with van der Waals surface area (Å²) in [6.07, 6.45) is 0. The minimum Gasteiger partial charge on any atom is -0.461 e. The molecule has 0 aliphatic carbocycles. The van der Waals surface area contributed by atoms with Crippen molar-refractivity contribution in [2.45, 2.75) is 13.8 Å². The SMILES string of the molecule is CCOC(=O)/C(Cl)=N/Nc1cc(Cl)ccc1C. The van der Waals surface area contributed by atoms with Crippen molar-refractivity contribution in [1.29, 1.82) is 0 Å². The van der Waals surface area contributed by atoms with E-state index in [1.165, 1.54) is 0 Å². The molecule has 0 heterocycles. The van der Waals surface area contributed by atoms with Crippen molar-refractivity contribution in [2.75, 3.05) is 12.0 Å². The molecule has 6 heteroatoms. The van der Waals surface area contributed by atoms with E-state index in [4.69, 9.17) is 23.2 Å². The van der Waals surface area contributed by atoms with Gasteiger partial charge in [-0.2, -0.15) is 5.10 Å². The van der Waals surface area contributed by atoms with Gasteiger partial charge < -0.3 is 4.74 Å². The number of ether oxygens (including phenoxy) is 1. The van der Waals surface area contributed by atoms with E-state index < -0.39 is 5.97 Å². The van der Waals surface area contributed by atoms with Crippen LogP contribution in [0.5, 0.6) is 0 Å². The predicted octanol–water partition coefficient (Wildman–Crippen LogP) is 3.18. The molecule has 0 saturated heterocycles. The van der Waals surface area contributed by atoms with Gasteiger partial charge in [-0.3, -0.25) is 5.43 Å². The Morgan fingerprint density at radius 1 is 1.53 bits per heavy atom. The number of nitrogens with zero attached hydrogens (tertiary/aromatic N) is 1. The summed E-state index contributed by atoms with van der Waals surface area (Å²) in [5.74, 6) is -0.665. The second-order valence-electron chi connectivity index (χ2n) is 3.19. The van der Waals surface area contributed by atoms with E-state index in [-0.39, 0.29) is 11.8 Å². The monoisotopic (exact) mass is 274 g/mol. The van der Waals surface area contributed by atoms with E-state index in [9.17, 15) is 4.79 Å². The average Bonchev–Trinajstić information content (AvgIpc) is 2.30. The molecule has 0 aromatic heterocycles. The van der Waals surface area contributed by atoms with Gasteiger partial charge in [0, 0.05) is 5.02 Å². The van der Waals surface area contributed by atoms with Crippen molar-refractivity contribution in [3.8, 4) is 0 Å². The van der Waals surface area contributed by atoms with E-state index in [1.54, 1.807) is 19.1 Å². The van der Waals surface area contributed by atoms with Crippen molar-refractivity contribution in [1.82, 2.24) is 0 Å². The third kappa shape index (κ3) is 4.24. The molecule has 1 aromatic carbocycles. The zero-order valence-corrected chi connectivity index (χ0v) is 11.0. The molecule has 1 rings (SSSR count). The van der Waals surface area contributed by atoms with Gasteiger partial charge in [-0.15, -0.1) is 0 Å². The molecule has 0 saturated carbocycles. The fraction of sp³-hybridized carbons (Fsp3) is 0.273. The molecule has 1 aromatic rings. The van der Waals surface area contributed by atoms with Gasteiger partial charge in [-0.1, -0.05) is 29.3 Å². The molecule has 0 amide bonds. The third-order valence-electron chi connectivity index (χ3n) is 1.92. The van der Waals surface area contributed by atoms with E-state index in [0.717, 1.165) is 5.56 Å². The summed E-state index contributed by atoms with van der Waals surface area (Å²) in [6, 6.07) is 5.28. The smallest absolute Gasteiger partial charge is 0.370 e. The summed E-state index contributed by atoms with van der Waals surface area (Å²) in [5, 5.41) is 4.03. The van der Waals surface area contributed by atoms with Gasteiger partial charge in [-0.05, 0) is 31.5 Å². The van der Waals surface area contributed by atoms with Crippen molar-refractivity contribution in [2.24, 2.45) is 5.10 Å². The molecular weight excluding hydrogens is 263 g/mol. The van der Waals surface area contributed by atoms with Gasteiger partial charge in [0.15, 0.2) is 0 Å². The average molecular weight is 275 g/mol. The second-order valence-corrected chi connectivity index (χ2v) is 3.99. The predicted molar refractivity (Wildman–Crippen MR) is 69.7 cm³/mol. The van der Waals surface area contributed by atoms with Crippen molar-refractivity contribution in [3.05, 3.63) is 28.8 Å². The summed E-state index contributed by atoms with van der Waals surface area (Å²) >= 11 is 11.5. The van der Waals surface area contributed by atoms with Crippen LogP contribution in [0.4, 0.5) is 5.69 Å². The standard InChI is InChI=1S/C11H12Cl2N2O2/c1-3-17-11(16)10(13)15-14-9-6-8(12)5-4-7(9)2/h4-6,14H,3H2,1-2H3/b15-10-. The largest absolute Gasteiger partial charge is 0.461 e. The number of hydrogen-bond acceptors (Lipinski definition) is 4. The highest BCUT2D eigenvalue weighted by atomic mass is 35.5. The van der Waals surface area contributed by atoms with Crippen LogP contribution in [-0.2, 0) is 9.53 Å². The molecule has 0 atom stereocenters. The molecule has 0 radical (unpaired) electrons. The number of hydrogen-bond donors (Lipinski definition) is 1. The lowest BCUT2D eigenvalue weighted by molar-refractivity contribution is -0.134. The Labute approximate surface area is 110 Å². The minimum atomic E-state index is -0.665. The third-order valence-corrected chi connectivity index (χ3v) is 2.39. The Bertz CT molecular complexity index is 447. The zero-order chi connectivity index (χ0) is 12.8. The van der Waals surface area contributed by atoms with Crippen LogP contribution in [-0.4, -0.2) is 17.7 Å². The number of aryl methyl sites for hydroxylation is 1. The van der Waals surface area contributed by atoms with Crippen molar-refractivity contribution < 1.29 is 9.53 Å². The van der Waals surface area contributed by atoms with Crippen LogP contribution in [0, 0.1) is 6.92 Å². The number of esters is 1. The topological polar surface area (TPSA) is 50.7 Å². The molecule has 0 fully saturated rings. The number of carbonyl (C=O) groups is 1. The van der Waals surface area contributed by atoms with E-state index >= 15 is 0 Å². The maximum Gasteiger partial charge on any atom is 0.370 e. The Morgan fingerprint density at radius 2 is 2.24 bits per heavy atom. The van der Waals surface area contributed by atoms with Gasteiger partial charge in [0.2, 0.25) is 5.17 Å². The Balaban J connectivity index is 2.75. The van der Waals surface area contributed by atoms with Crippen LogP contribution < -0.4 is 5.43 Å². The number of rotatable bonds is 4. The van der Waals surface area contributed by atoms with Crippen LogP contribution in [0.25, 0.3) is 0 Å². The zero-order valence-electron chi connectivity index (χ0n) is 9.46. The van der Waals surface area contributed by atoms with Gasteiger partial charge in [0.1, 0.15) is 0 Å². The van der Waals surface area contributed by atoms with Crippen LogP contribution >= 0.6 is 23.2 Å². The first-order valence-corrected chi connectivity index (χ1v) is 5.72. The lowest BCUT2D eigenvalue weighted by Gasteiger charge is -2.05.